The fourth-order valence-corrected chi connectivity index (χ4v) is 3.46. The average molecular weight is 452 g/mol. The Morgan fingerprint density at radius 2 is 1.97 bits per heavy atom. The van der Waals surface area contributed by atoms with E-state index in [1.54, 1.807) is 24.4 Å². The van der Waals surface area contributed by atoms with Crippen molar-refractivity contribution in [2.75, 3.05) is 30.3 Å². The molecule has 0 saturated heterocycles. The second-order valence-corrected chi connectivity index (χ2v) is 7.47. The number of nitrogens with zero attached hydrogens (tertiary/aromatic N) is 1. The summed E-state index contributed by atoms with van der Waals surface area (Å²) >= 11 is 0. The molecule has 1 aliphatic rings. The lowest BCUT2D eigenvalue weighted by atomic mass is 10.1. The lowest BCUT2D eigenvalue weighted by Gasteiger charge is -2.12. The van der Waals surface area contributed by atoms with Gasteiger partial charge >= 0.3 is 0 Å². The van der Waals surface area contributed by atoms with Crippen LogP contribution >= 0.6 is 0 Å². The second-order valence-electron chi connectivity index (χ2n) is 7.47. The SMILES string of the molecule is O=C1Cc2ccc(OCCNc3ncccc3C(=O)NCCc3ccc(F)c(F)c3)cc2N1. The molecule has 4 rings (SSSR count). The molecule has 0 saturated carbocycles. The van der Waals surface area contributed by atoms with Crippen molar-refractivity contribution in [3.8, 4) is 5.75 Å². The summed E-state index contributed by atoms with van der Waals surface area (Å²) in [6.45, 7) is 0.978. The van der Waals surface area contributed by atoms with E-state index in [0.717, 1.165) is 23.4 Å². The summed E-state index contributed by atoms with van der Waals surface area (Å²) in [6.07, 6.45) is 2.31. The van der Waals surface area contributed by atoms with Crippen molar-refractivity contribution >= 4 is 23.3 Å². The zero-order valence-corrected chi connectivity index (χ0v) is 17.7. The van der Waals surface area contributed by atoms with Gasteiger partial charge in [0, 0.05) is 24.5 Å². The van der Waals surface area contributed by atoms with E-state index in [2.05, 4.69) is 20.9 Å². The molecule has 0 bridgehead atoms. The van der Waals surface area contributed by atoms with Crippen LogP contribution in [0.5, 0.6) is 5.75 Å². The molecule has 1 aliphatic heterocycles. The quantitative estimate of drug-likeness (QED) is 0.433. The first-order valence-electron chi connectivity index (χ1n) is 10.5. The molecule has 0 spiro atoms. The number of aromatic nitrogens is 1. The Labute approximate surface area is 189 Å². The van der Waals surface area contributed by atoms with Crippen LogP contribution in [0.1, 0.15) is 21.5 Å². The monoisotopic (exact) mass is 452 g/mol. The van der Waals surface area contributed by atoms with Gasteiger partial charge in [-0.3, -0.25) is 9.59 Å². The molecule has 33 heavy (non-hydrogen) atoms. The summed E-state index contributed by atoms with van der Waals surface area (Å²) in [6, 6.07) is 12.4. The number of amides is 2. The van der Waals surface area contributed by atoms with Crippen LogP contribution < -0.4 is 20.7 Å². The molecule has 0 aliphatic carbocycles. The Kier molecular flexibility index (Phi) is 6.77. The molecule has 2 amide bonds. The molecule has 0 atom stereocenters. The van der Waals surface area contributed by atoms with Crippen molar-refractivity contribution in [2.24, 2.45) is 0 Å². The van der Waals surface area contributed by atoms with Gasteiger partial charge in [0.05, 0.1) is 18.5 Å². The highest BCUT2D eigenvalue weighted by atomic mass is 19.2. The third kappa shape index (κ3) is 5.62. The van der Waals surface area contributed by atoms with Gasteiger partial charge in [0.15, 0.2) is 11.6 Å². The van der Waals surface area contributed by atoms with Crippen molar-refractivity contribution in [3.05, 3.63) is 83.1 Å². The van der Waals surface area contributed by atoms with Gasteiger partial charge in [-0.2, -0.15) is 0 Å². The van der Waals surface area contributed by atoms with Crippen LogP contribution in [-0.4, -0.2) is 36.5 Å². The molecule has 3 aromatic rings. The normalized spacial score (nSPS) is 12.1. The minimum absolute atomic E-state index is 0.0328. The molecule has 7 nitrogen and oxygen atoms in total. The summed E-state index contributed by atoms with van der Waals surface area (Å²) in [4.78, 5) is 28.2. The number of carbonyl (C=O) groups is 2. The van der Waals surface area contributed by atoms with Crippen molar-refractivity contribution < 1.29 is 23.1 Å². The zero-order valence-electron chi connectivity index (χ0n) is 17.7. The van der Waals surface area contributed by atoms with Crippen molar-refractivity contribution in [3.63, 3.8) is 0 Å². The molecule has 2 aromatic carbocycles. The fraction of sp³-hybridized carbons (Fsp3) is 0.208. The second kappa shape index (κ2) is 10.1. The van der Waals surface area contributed by atoms with Crippen molar-refractivity contribution in [1.29, 1.82) is 0 Å². The number of carbonyl (C=O) groups excluding carboxylic acids is 2. The van der Waals surface area contributed by atoms with E-state index in [1.165, 1.54) is 6.07 Å². The van der Waals surface area contributed by atoms with E-state index >= 15 is 0 Å². The van der Waals surface area contributed by atoms with Crippen LogP contribution in [0.3, 0.4) is 0 Å². The highest BCUT2D eigenvalue weighted by molar-refractivity contribution is 5.99. The minimum atomic E-state index is -0.913. The van der Waals surface area contributed by atoms with Gasteiger partial charge in [-0.1, -0.05) is 12.1 Å². The lowest BCUT2D eigenvalue weighted by Crippen LogP contribution is -2.27. The maximum absolute atomic E-state index is 13.3. The van der Waals surface area contributed by atoms with Crippen LogP contribution in [0.2, 0.25) is 0 Å². The first-order chi connectivity index (χ1) is 16.0. The van der Waals surface area contributed by atoms with Crippen LogP contribution in [0.4, 0.5) is 20.3 Å². The molecule has 0 fully saturated rings. The number of hydrogen-bond donors (Lipinski definition) is 3. The van der Waals surface area contributed by atoms with Crippen LogP contribution in [-0.2, 0) is 17.6 Å². The van der Waals surface area contributed by atoms with Gasteiger partial charge in [0.25, 0.3) is 5.91 Å². The Bertz CT molecular complexity index is 1190. The van der Waals surface area contributed by atoms with Crippen LogP contribution in [0, 0.1) is 11.6 Å². The van der Waals surface area contributed by atoms with E-state index in [9.17, 15) is 18.4 Å². The number of halogens is 2. The largest absolute Gasteiger partial charge is 0.492 e. The molecule has 2 heterocycles. The number of benzene rings is 2. The predicted octanol–water partition coefficient (Wildman–Crippen LogP) is 3.32. The number of rotatable bonds is 9. The van der Waals surface area contributed by atoms with E-state index in [0.29, 0.717) is 48.7 Å². The molecule has 170 valence electrons. The smallest absolute Gasteiger partial charge is 0.255 e. The molecular weight excluding hydrogens is 430 g/mol. The Hall–Kier alpha value is -4.01. The standard InChI is InChI=1S/C24H22F2N4O3/c25-19-6-3-15(12-20(19)26)7-9-29-24(32)18-2-1-8-27-23(18)28-10-11-33-17-5-4-16-13-22(31)30-21(16)14-17/h1-6,8,12,14H,7,9-11,13H2,(H,27,28)(H,29,32)(H,30,31). The highest BCUT2D eigenvalue weighted by Gasteiger charge is 2.17. The fourth-order valence-electron chi connectivity index (χ4n) is 3.46. The van der Waals surface area contributed by atoms with Crippen LogP contribution in [0.25, 0.3) is 0 Å². The zero-order chi connectivity index (χ0) is 23.2. The average Bonchev–Trinajstić information content (AvgIpc) is 3.18. The Morgan fingerprint density at radius 1 is 1.09 bits per heavy atom. The lowest BCUT2D eigenvalue weighted by molar-refractivity contribution is -0.115. The summed E-state index contributed by atoms with van der Waals surface area (Å²) in [5.74, 6) is -1.13. The maximum Gasteiger partial charge on any atom is 0.255 e. The van der Waals surface area contributed by atoms with E-state index in [-0.39, 0.29) is 18.4 Å². The van der Waals surface area contributed by atoms with Gasteiger partial charge in [0.1, 0.15) is 18.2 Å². The number of hydrogen-bond acceptors (Lipinski definition) is 5. The van der Waals surface area contributed by atoms with Gasteiger partial charge in [-0.05, 0) is 47.9 Å². The number of pyridine rings is 1. The molecule has 3 N–H and O–H groups in total. The predicted molar refractivity (Wildman–Crippen MR) is 119 cm³/mol. The van der Waals surface area contributed by atoms with E-state index in [4.69, 9.17) is 4.74 Å². The van der Waals surface area contributed by atoms with Crippen molar-refractivity contribution in [1.82, 2.24) is 10.3 Å². The third-order valence-corrected chi connectivity index (χ3v) is 5.11. The van der Waals surface area contributed by atoms with Crippen molar-refractivity contribution in [2.45, 2.75) is 12.8 Å². The first-order valence-corrected chi connectivity index (χ1v) is 10.5. The first kappa shape index (κ1) is 22.2. The minimum Gasteiger partial charge on any atom is -0.492 e. The van der Waals surface area contributed by atoms with Crippen LogP contribution in [0.15, 0.2) is 54.7 Å². The topological polar surface area (TPSA) is 92.3 Å². The van der Waals surface area contributed by atoms with E-state index < -0.39 is 11.6 Å². The molecule has 1 aromatic heterocycles. The Balaban J connectivity index is 1.26. The number of fused-ring (bicyclic) bond motifs is 1. The van der Waals surface area contributed by atoms with Gasteiger partial charge in [-0.15, -0.1) is 0 Å². The summed E-state index contributed by atoms with van der Waals surface area (Å²) in [7, 11) is 0. The number of anilines is 2. The number of ether oxygens (including phenoxy) is 1. The van der Waals surface area contributed by atoms with Gasteiger partial charge in [0.2, 0.25) is 5.91 Å². The summed E-state index contributed by atoms with van der Waals surface area (Å²) < 4.78 is 32.1. The molecule has 9 heteroatoms. The molecular formula is C24H22F2N4O3. The Morgan fingerprint density at radius 3 is 2.82 bits per heavy atom. The molecule has 0 unspecified atom stereocenters. The number of nitrogens with one attached hydrogen (secondary N) is 3. The maximum atomic E-state index is 13.3. The van der Waals surface area contributed by atoms with E-state index in [1.807, 2.05) is 12.1 Å². The van der Waals surface area contributed by atoms with Gasteiger partial charge < -0.3 is 20.7 Å². The molecule has 0 radical (unpaired) electrons. The van der Waals surface area contributed by atoms with Gasteiger partial charge in [-0.25, -0.2) is 13.8 Å². The highest BCUT2D eigenvalue weighted by Crippen LogP contribution is 2.27. The summed E-state index contributed by atoms with van der Waals surface area (Å²) in [5, 5.41) is 8.63. The summed E-state index contributed by atoms with van der Waals surface area (Å²) in [5.41, 5.74) is 2.65. The third-order valence-electron chi connectivity index (χ3n) is 5.11.